The maximum absolute atomic E-state index is 14.5. The minimum atomic E-state index is -0.309. The highest BCUT2D eigenvalue weighted by Crippen LogP contribution is 2.32. The van der Waals surface area contributed by atoms with Gasteiger partial charge in [-0.05, 0) is 42.5 Å². The molecule has 1 fully saturated rings. The average Bonchev–Trinajstić information content (AvgIpc) is 3.32. The fraction of sp³-hybridized carbons (Fsp3) is 0.231. The van der Waals surface area contributed by atoms with Crippen LogP contribution in [0.1, 0.15) is 5.56 Å². The molecule has 0 aliphatic carbocycles. The SMILES string of the molecule is Fc1ccccc1-c1nc(N2CC[NH+](Cc3ccc4c(c3)OCO4)CC2)c2ccccc2n1. The number of piperazine rings is 1. The molecular weight excluding hydrogens is 419 g/mol. The fourth-order valence-corrected chi connectivity index (χ4v) is 4.62. The Morgan fingerprint density at radius 2 is 1.67 bits per heavy atom. The molecular formula is C26H24FN4O2+. The largest absolute Gasteiger partial charge is 0.454 e. The molecule has 6 nitrogen and oxygen atoms in total. The quantitative estimate of drug-likeness (QED) is 0.526. The Bertz CT molecular complexity index is 1320. The van der Waals surface area contributed by atoms with Gasteiger partial charge in [-0.25, -0.2) is 14.4 Å². The Labute approximate surface area is 191 Å². The van der Waals surface area contributed by atoms with Gasteiger partial charge in [-0.1, -0.05) is 24.3 Å². The van der Waals surface area contributed by atoms with Crippen LogP contribution in [0.25, 0.3) is 22.3 Å². The van der Waals surface area contributed by atoms with Crippen LogP contribution in [0.3, 0.4) is 0 Å². The van der Waals surface area contributed by atoms with Crippen molar-refractivity contribution in [2.45, 2.75) is 6.54 Å². The van der Waals surface area contributed by atoms with Gasteiger partial charge in [-0.3, -0.25) is 0 Å². The van der Waals surface area contributed by atoms with Crippen molar-refractivity contribution in [2.75, 3.05) is 37.9 Å². The van der Waals surface area contributed by atoms with Gasteiger partial charge in [0.05, 0.1) is 37.3 Å². The zero-order valence-electron chi connectivity index (χ0n) is 18.1. The number of hydrogen-bond acceptors (Lipinski definition) is 5. The van der Waals surface area contributed by atoms with E-state index in [1.807, 2.05) is 36.4 Å². The number of fused-ring (bicyclic) bond motifs is 2. The Morgan fingerprint density at radius 1 is 0.879 bits per heavy atom. The van der Waals surface area contributed by atoms with E-state index in [1.54, 1.807) is 12.1 Å². The van der Waals surface area contributed by atoms with Crippen LogP contribution in [-0.2, 0) is 6.54 Å². The van der Waals surface area contributed by atoms with E-state index in [0.29, 0.717) is 18.2 Å². The number of ether oxygens (including phenoxy) is 2. The first-order chi connectivity index (χ1) is 16.2. The van der Waals surface area contributed by atoms with Crippen LogP contribution >= 0.6 is 0 Å². The van der Waals surface area contributed by atoms with E-state index >= 15 is 0 Å². The van der Waals surface area contributed by atoms with Crippen molar-refractivity contribution in [3.63, 3.8) is 0 Å². The smallest absolute Gasteiger partial charge is 0.231 e. The summed E-state index contributed by atoms with van der Waals surface area (Å²) in [6.07, 6.45) is 0. The molecule has 1 N–H and O–H groups in total. The summed E-state index contributed by atoms with van der Waals surface area (Å²) in [5.41, 5.74) is 2.50. The third kappa shape index (κ3) is 3.85. The first-order valence-electron chi connectivity index (χ1n) is 11.2. The lowest BCUT2D eigenvalue weighted by Gasteiger charge is -2.33. The lowest BCUT2D eigenvalue weighted by molar-refractivity contribution is -0.914. The maximum atomic E-state index is 14.5. The normalized spacial score (nSPS) is 15.8. The van der Waals surface area contributed by atoms with Crippen molar-refractivity contribution < 1.29 is 18.8 Å². The van der Waals surface area contributed by atoms with Crippen LogP contribution < -0.4 is 19.3 Å². The summed E-state index contributed by atoms with van der Waals surface area (Å²) in [4.78, 5) is 13.3. The molecule has 2 aliphatic heterocycles. The van der Waals surface area contributed by atoms with Gasteiger partial charge in [0, 0.05) is 10.9 Å². The molecule has 33 heavy (non-hydrogen) atoms. The van der Waals surface area contributed by atoms with E-state index in [9.17, 15) is 4.39 Å². The average molecular weight is 444 g/mol. The molecule has 6 rings (SSSR count). The van der Waals surface area contributed by atoms with Gasteiger partial charge in [-0.15, -0.1) is 0 Å². The maximum Gasteiger partial charge on any atom is 0.231 e. The summed E-state index contributed by atoms with van der Waals surface area (Å²) in [5, 5.41) is 0.997. The zero-order valence-corrected chi connectivity index (χ0v) is 18.1. The summed E-state index contributed by atoms with van der Waals surface area (Å²) >= 11 is 0. The molecule has 0 unspecified atom stereocenters. The number of benzene rings is 3. The zero-order chi connectivity index (χ0) is 22.2. The van der Waals surface area contributed by atoms with Crippen molar-refractivity contribution in [3.8, 4) is 22.9 Å². The molecule has 0 radical (unpaired) electrons. The highest BCUT2D eigenvalue weighted by Gasteiger charge is 2.24. The van der Waals surface area contributed by atoms with E-state index < -0.39 is 0 Å². The Morgan fingerprint density at radius 3 is 2.55 bits per heavy atom. The lowest BCUT2D eigenvalue weighted by atomic mass is 10.1. The van der Waals surface area contributed by atoms with Crippen LogP contribution in [0.4, 0.5) is 10.2 Å². The third-order valence-corrected chi connectivity index (χ3v) is 6.36. The lowest BCUT2D eigenvalue weighted by Crippen LogP contribution is -3.13. The first-order valence-corrected chi connectivity index (χ1v) is 11.2. The number of anilines is 1. The molecule has 1 aromatic heterocycles. The van der Waals surface area contributed by atoms with E-state index in [4.69, 9.17) is 14.5 Å². The first kappa shape index (κ1) is 19.9. The van der Waals surface area contributed by atoms with Gasteiger partial charge in [0.2, 0.25) is 6.79 Å². The van der Waals surface area contributed by atoms with Gasteiger partial charge in [0.15, 0.2) is 17.3 Å². The minimum Gasteiger partial charge on any atom is -0.454 e. The van der Waals surface area contributed by atoms with Crippen molar-refractivity contribution in [3.05, 3.63) is 78.1 Å². The summed E-state index contributed by atoms with van der Waals surface area (Å²) in [6, 6.07) is 20.8. The summed E-state index contributed by atoms with van der Waals surface area (Å²) in [6.45, 7) is 4.96. The van der Waals surface area contributed by atoms with Gasteiger partial charge >= 0.3 is 0 Å². The van der Waals surface area contributed by atoms with E-state index in [-0.39, 0.29) is 5.82 Å². The number of rotatable bonds is 4. The predicted octanol–water partition coefficient (Wildman–Crippen LogP) is 3.07. The number of aromatic nitrogens is 2. The number of halogens is 1. The van der Waals surface area contributed by atoms with Gasteiger partial charge in [0.25, 0.3) is 0 Å². The van der Waals surface area contributed by atoms with Crippen LogP contribution in [0.15, 0.2) is 66.7 Å². The minimum absolute atomic E-state index is 0.298. The summed E-state index contributed by atoms with van der Waals surface area (Å²) < 4.78 is 25.4. The number of hydrogen-bond donors (Lipinski definition) is 1. The summed E-state index contributed by atoms with van der Waals surface area (Å²) in [7, 11) is 0. The van der Waals surface area contributed by atoms with E-state index in [2.05, 4.69) is 22.0 Å². The fourth-order valence-electron chi connectivity index (χ4n) is 4.62. The summed E-state index contributed by atoms with van der Waals surface area (Å²) in [5.74, 6) is 2.65. The molecule has 0 saturated carbocycles. The molecule has 7 heteroatoms. The van der Waals surface area contributed by atoms with Crippen molar-refractivity contribution in [1.82, 2.24) is 9.97 Å². The molecule has 0 bridgehead atoms. The van der Waals surface area contributed by atoms with Crippen molar-refractivity contribution >= 4 is 16.7 Å². The highest BCUT2D eigenvalue weighted by molar-refractivity contribution is 5.91. The molecule has 0 atom stereocenters. The predicted molar refractivity (Wildman–Crippen MR) is 124 cm³/mol. The third-order valence-electron chi connectivity index (χ3n) is 6.36. The van der Waals surface area contributed by atoms with E-state index in [1.165, 1.54) is 16.5 Å². The Hall–Kier alpha value is -3.71. The van der Waals surface area contributed by atoms with Crippen molar-refractivity contribution in [2.24, 2.45) is 0 Å². The number of quaternary nitrogens is 1. The van der Waals surface area contributed by atoms with Crippen LogP contribution in [0.5, 0.6) is 11.5 Å². The second kappa shape index (κ2) is 8.33. The standard InChI is InChI=1S/C26H23FN4O2/c27-21-7-3-1-5-19(21)25-28-22-8-4-2-6-20(22)26(29-25)31-13-11-30(12-14-31)16-18-9-10-23-24(15-18)33-17-32-23/h1-10,15H,11-14,16-17H2/p+1. The number of nitrogens with zero attached hydrogens (tertiary/aromatic N) is 3. The highest BCUT2D eigenvalue weighted by atomic mass is 19.1. The second-order valence-electron chi connectivity index (χ2n) is 8.47. The molecule has 0 amide bonds. The topological polar surface area (TPSA) is 51.9 Å². The number of para-hydroxylation sites is 1. The molecule has 4 aromatic rings. The molecule has 3 heterocycles. The van der Waals surface area contributed by atoms with Crippen LogP contribution in [0, 0.1) is 5.82 Å². The van der Waals surface area contributed by atoms with Gasteiger partial charge in [-0.2, -0.15) is 0 Å². The van der Waals surface area contributed by atoms with Crippen LogP contribution in [-0.4, -0.2) is 42.9 Å². The second-order valence-corrected chi connectivity index (χ2v) is 8.47. The molecule has 1 saturated heterocycles. The molecule has 166 valence electrons. The van der Waals surface area contributed by atoms with Crippen LogP contribution in [0.2, 0.25) is 0 Å². The van der Waals surface area contributed by atoms with Crippen molar-refractivity contribution in [1.29, 1.82) is 0 Å². The Balaban J connectivity index is 1.24. The van der Waals surface area contributed by atoms with Gasteiger partial charge in [0.1, 0.15) is 18.2 Å². The molecule has 2 aliphatic rings. The Kier molecular flexibility index (Phi) is 5.03. The molecule has 0 spiro atoms. The monoisotopic (exact) mass is 443 g/mol. The van der Waals surface area contributed by atoms with E-state index in [0.717, 1.165) is 60.9 Å². The van der Waals surface area contributed by atoms with Gasteiger partial charge < -0.3 is 19.3 Å². The number of nitrogens with one attached hydrogen (secondary N) is 1. The molecule has 3 aromatic carbocycles.